The minimum atomic E-state index is -1.40. The van der Waals surface area contributed by atoms with Gasteiger partial charge in [0.15, 0.2) is 6.04 Å². The zero-order chi connectivity index (χ0) is 9.72. The summed E-state index contributed by atoms with van der Waals surface area (Å²) in [5, 5.41) is 19.5. The van der Waals surface area contributed by atoms with E-state index in [2.05, 4.69) is 5.29 Å². The number of hydrogen-bond acceptors (Lipinski definition) is 4. The third kappa shape index (κ3) is 2.95. The molecular weight excluding hydrogens is 168 g/mol. The van der Waals surface area contributed by atoms with Gasteiger partial charge in [0.2, 0.25) is 0 Å². The third-order valence-electron chi connectivity index (χ3n) is 1.23. The number of likely N-dealkylation sites (N-methyl/N-ethyl adjacent to an activating group) is 1. The second-order valence-electron chi connectivity index (χ2n) is 2.11. The van der Waals surface area contributed by atoms with Crippen LogP contribution < -0.4 is 0 Å². The lowest BCUT2D eigenvalue weighted by Crippen LogP contribution is -2.36. The zero-order valence-corrected chi connectivity index (χ0v) is 6.30. The average Bonchev–Trinajstić information content (AvgIpc) is 1.98. The summed E-state index contributed by atoms with van der Waals surface area (Å²) < 4.78 is 0. The minimum absolute atomic E-state index is 0.552. The third-order valence-corrected chi connectivity index (χ3v) is 1.23. The largest absolute Gasteiger partial charge is 0.481 e. The maximum absolute atomic E-state index is 10.3. The summed E-state index contributed by atoms with van der Waals surface area (Å²) in [6, 6.07) is -1.40. The number of rotatable bonds is 5. The summed E-state index contributed by atoms with van der Waals surface area (Å²) >= 11 is 0. The molecule has 0 radical (unpaired) electrons. The lowest BCUT2D eigenvalue weighted by molar-refractivity contribution is -0.149. The van der Waals surface area contributed by atoms with Gasteiger partial charge in [0, 0.05) is 7.05 Å². The van der Waals surface area contributed by atoms with Crippen LogP contribution in [0, 0.1) is 4.91 Å². The van der Waals surface area contributed by atoms with Gasteiger partial charge < -0.3 is 10.2 Å². The van der Waals surface area contributed by atoms with Gasteiger partial charge in [-0.25, -0.2) is 9.80 Å². The number of nitrogens with zero attached hydrogens (tertiary/aromatic N) is 2. The second-order valence-corrected chi connectivity index (χ2v) is 2.11. The van der Waals surface area contributed by atoms with E-state index < -0.39 is 24.4 Å². The number of carboxylic acids is 2. The zero-order valence-electron chi connectivity index (χ0n) is 6.30. The molecule has 0 aromatic heterocycles. The van der Waals surface area contributed by atoms with Crippen LogP contribution in [0.15, 0.2) is 5.29 Å². The normalized spacial score (nSPS) is 11.8. The first-order valence-corrected chi connectivity index (χ1v) is 2.99. The summed E-state index contributed by atoms with van der Waals surface area (Å²) in [4.78, 5) is 30.3. The van der Waals surface area contributed by atoms with E-state index in [0.29, 0.717) is 5.01 Å². The molecule has 0 amide bonds. The van der Waals surface area contributed by atoms with Crippen molar-refractivity contribution in [3.8, 4) is 0 Å². The molecule has 7 nitrogen and oxygen atoms in total. The Morgan fingerprint density at radius 1 is 1.50 bits per heavy atom. The van der Waals surface area contributed by atoms with Crippen molar-refractivity contribution in [1.29, 1.82) is 0 Å². The minimum Gasteiger partial charge on any atom is -0.481 e. The Morgan fingerprint density at radius 2 is 2.00 bits per heavy atom. The molecule has 0 bridgehead atoms. The molecule has 68 valence electrons. The quantitative estimate of drug-likeness (QED) is 0.433. The van der Waals surface area contributed by atoms with Crippen LogP contribution >= 0.6 is 0 Å². The molecule has 0 spiro atoms. The van der Waals surface area contributed by atoms with Crippen LogP contribution in [0.25, 0.3) is 0 Å². The van der Waals surface area contributed by atoms with Crippen LogP contribution in [-0.4, -0.2) is 40.3 Å². The van der Waals surface area contributed by atoms with E-state index in [1.165, 1.54) is 0 Å². The lowest BCUT2D eigenvalue weighted by Gasteiger charge is -2.15. The van der Waals surface area contributed by atoms with Gasteiger partial charge in [0.05, 0.1) is 11.7 Å². The SMILES string of the molecule is CN(N=O)C(CC(=O)O)C(=O)O. The van der Waals surface area contributed by atoms with Crippen LogP contribution in [0.2, 0.25) is 0 Å². The number of nitroso groups, excluding NO2 is 1. The molecule has 0 fully saturated rings. The van der Waals surface area contributed by atoms with Gasteiger partial charge >= 0.3 is 11.9 Å². The molecule has 0 aromatic carbocycles. The van der Waals surface area contributed by atoms with Crippen LogP contribution in [-0.2, 0) is 9.59 Å². The van der Waals surface area contributed by atoms with Gasteiger partial charge in [-0.3, -0.25) is 4.79 Å². The first kappa shape index (κ1) is 10.3. The van der Waals surface area contributed by atoms with Crippen molar-refractivity contribution < 1.29 is 19.8 Å². The van der Waals surface area contributed by atoms with Crippen LogP contribution in [0.5, 0.6) is 0 Å². The van der Waals surface area contributed by atoms with Gasteiger partial charge in [-0.05, 0) is 0 Å². The highest BCUT2D eigenvalue weighted by atomic mass is 16.4. The highest BCUT2D eigenvalue weighted by Crippen LogP contribution is 2.02. The molecule has 1 atom stereocenters. The number of carboxylic acid groups (broad SMARTS) is 2. The maximum Gasteiger partial charge on any atom is 0.328 e. The molecule has 0 aromatic rings. The molecule has 0 aliphatic carbocycles. The van der Waals surface area contributed by atoms with E-state index in [0.717, 1.165) is 7.05 Å². The Balaban J connectivity index is 4.32. The molecule has 0 aliphatic rings. The van der Waals surface area contributed by atoms with E-state index in [1.54, 1.807) is 0 Å². The first-order valence-electron chi connectivity index (χ1n) is 2.99. The van der Waals surface area contributed by atoms with E-state index in [4.69, 9.17) is 10.2 Å². The van der Waals surface area contributed by atoms with E-state index in [9.17, 15) is 14.5 Å². The van der Waals surface area contributed by atoms with Gasteiger partial charge in [0.25, 0.3) is 0 Å². The van der Waals surface area contributed by atoms with Crippen molar-refractivity contribution in [1.82, 2.24) is 5.01 Å². The van der Waals surface area contributed by atoms with Crippen LogP contribution in [0.1, 0.15) is 6.42 Å². The van der Waals surface area contributed by atoms with Gasteiger partial charge in [-0.2, -0.15) is 0 Å². The maximum atomic E-state index is 10.3. The Hall–Kier alpha value is -1.66. The Bertz CT molecular complexity index is 204. The van der Waals surface area contributed by atoms with Crippen LogP contribution in [0.3, 0.4) is 0 Å². The standard InChI is InChI=1S/C5H8N2O5/c1-7(6-12)3(5(10)11)2-4(8)9/h3H,2H2,1H3,(H,8,9)(H,10,11). The summed E-state index contributed by atoms with van der Waals surface area (Å²) in [6.45, 7) is 0. The molecule has 0 heterocycles. The number of hydrogen-bond donors (Lipinski definition) is 2. The molecule has 1 unspecified atom stereocenters. The molecular formula is C5H8N2O5. The predicted molar refractivity (Wildman–Crippen MR) is 37.2 cm³/mol. The van der Waals surface area contributed by atoms with E-state index in [1.807, 2.05) is 0 Å². The predicted octanol–water partition coefficient (Wildman–Crippen LogP) is -0.473. The Kier molecular flexibility index (Phi) is 3.68. The smallest absolute Gasteiger partial charge is 0.328 e. The monoisotopic (exact) mass is 176 g/mol. The molecule has 7 heteroatoms. The van der Waals surface area contributed by atoms with Gasteiger partial charge in [0.1, 0.15) is 0 Å². The molecule has 0 rings (SSSR count). The fraction of sp³-hybridized carbons (Fsp3) is 0.600. The van der Waals surface area contributed by atoms with Crippen molar-refractivity contribution in [3.63, 3.8) is 0 Å². The molecule has 12 heavy (non-hydrogen) atoms. The van der Waals surface area contributed by atoms with Gasteiger partial charge in [-0.15, -0.1) is 4.91 Å². The number of carbonyl (C=O) groups is 2. The Labute approximate surface area is 67.5 Å². The summed E-state index contributed by atoms with van der Waals surface area (Å²) in [6.07, 6.45) is -0.655. The van der Waals surface area contributed by atoms with Crippen molar-refractivity contribution in [2.45, 2.75) is 12.5 Å². The van der Waals surface area contributed by atoms with Crippen molar-refractivity contribution in [2.24, 2.45) is 5.29 Å². The summed E-state index contributed by atoms with van der Waals surface area (Å²) in [5.41, 5.74) is 0. The molecule has 0 aliphatic heterocycles. The molecule has 0 saturated heterocycles. The van der Waals surface area contributed by atoms with E-state index in [-0.39, 0.29) is 0 Å². The van der Waals surface area contributed by atoms with Crippen molar-refractivity contribution in [2.75, 3.05) is 7.05 Å². The molecule has 0 saturated carbocycles. The summed E-state index contributed by atoms with van der Waals surface area (Å²) in [7, 11) is 1.11. The fourth-order valence-corrected chi connectivity index (χ4v) is 0.602. The van der Waals surface area contributed by atoms with Crippen molar-refractivity contribution in [3.05, 3.63) is 4.91 Å². The van der Waals surface area contributed by atoms with E-state index >= 15 is 0 Å². The Morgan fingerprint density at radius 3 is 2.25 bits per heavy atom. The second kappa shape index (κ2) is 4.27. The van der Waals surface area contributed by atoms with Gasteiger partial charge in [-0.1, -0.05) is 0 Å². The number of aliphatic carboxylic acids is 2. The first-order chi connectivity index (χ1) is 5.49. The summed E-state index contributed by atoms with van der Waals surface area (Å²) in [5.74, 6) is -2.68. The highest BCUT2D eigenvalue weighted by molar-refractivity contribution is 5.80. The topological polar surface area (TPSA) is 107 Å². The molecule has 2 N–H and O–H groups in total. The van der Waals surface area contributed by atoms with Crippen LogP contribution in [0.4, 0.5) is 0 Å². The average molecular weight is 176 g/mol. The van der Waals surface area contributed by atoms with Crippen molar-refractivity contribution >= 4 is 11.9 Å². The fourth-order valence-electron chi connectivity index (χ4n) is 0.602. The highest BCUT2D eigenvalue weighted by Gasteiger charge is 2.25. The lowest BCUT2D eigenvalue weighted by atomic mass is 10.2.